The van der Waals surface area contributed by atoms with Gasteiger partial charge in [-0.1, -0.05) is 23.2 Å². The van der Waals surface area contributed by atoms with E-state index in [1.54, 1.807) is 24.0 Å². The van der Waals surface area contributed by atoms with Crippen molar-refractivity contribution in [1.29, 1.82) is 0 Å². The van der Waals surface area contributed by atoms with E-state index in [9.17, 15) is 14.4 Å². The van der Waals surface area contributed by atoms with E-state index in [1.807, 2.05) is 4.90 Å². The second-order valence-electron chi connectivity index (χ2n) is 6.52. The number of aromatic nitrogens is 2. The van der Waals surface area contributed by atoms with Crippen LogP contribution >= 0.6 is 23.2 Å². The third-order valence-electron chi connectivity index (χ3n) is 4.49. The number of hydrogen-bond acceptors (Lipinski definition) is 8. The lowest BCUT2D eigenvalue weighted by molar-refractivity contribution is -0.150. The summed E-state index contributed by atoms with van der Waals surface area (Å²) in [7, 11) is 0. The molecule has 0 N–H and O–H groups in total. The van der Waals surface area contributed by atoms with E-state index >= 15 is 0 Å². The zero-order chi connectivity index (χ0) is 21.8. The molecule has 1 saturated heterocycles. The normalized spacial score (nSPS) is 14.0. The van der Waals surface area contributed by atoms with Crippen LogP contribution in [0.5, 0.6) is 0 Å². The summed E-state index contributed by atoms with van der Waals surface area (Å²) in [5, 5.41) is 0.634. The Labute approximate surface area is 182 Å². The summed E-state index contributed by atoms with van der Waals surface area (Å²) in [6, 6.07) is 3.13. The van der Waals surface area contributed by atoms with Crippen molar-refractivity contribution in [2.75, 3.05) is 44.3 Å². The van der Waals surface area contributed by atoms with Gasteiger partial charge < -0.3 is 19.3 Å². The molecule has 2 aromatic rings. The van der Waals surface area contributed by atoms with Crippen molar-refractivity contribution in [3.05, 3.63) is 27.9 Å². The van der Waals surface area contributed by atoms with Crippen LogP contribution < -0.4 is 4.90 Å². The van der Waals surface area contributed by atoms with Crippen molar-refractivity contribution in [2.45, 2.75) is 13.8 Å². The first-order chi connectivity index (χ1) is 14.3. The third kappa shape index (κ3) is 4.91. The number of nitrogens with zero attached hydrogens (tertiary/aromatic N) is 4. The minimum atomic E-state index is -0.596. The number of piperazine rings is 1. The fourth-order valence-electron chi connectivity index (χ4n) is 3.02. The van der Waals surface area contributed by atoms with Gasteiger partial charge in [0.1, 0.15) is 0 Å². The maximum atomic E-state index is 12.5. The Morgan fingerprint density at radius 3 is 2.17 bits per heavy atom. The molecule has 3 rings (SSSR count). The smallest absolute Gasteiger partial charge is 0.360 e. The van der Waals surface area contributed by atoms with Crippen molar-refractivity contribution in [3.63, 3.8) is 0 Å². The van der Waals surface area contributed by atoms with Crippen molar-refractivity contribution >= 4 is 57.9 Å². The van der Waals surface area contributed by atoms with Crippen LogP contribution in [0.1, 0.15) is 24.3 Å². The van der Waals surface area contributed by atoms with Gasteiger partial charge >= 0.3 is 11.9 Å². The van der Waals surface area contributed by atoms with Gasteiger partial charge in [0.05, 0.1) is 27.7 Å². The molecule has 2 heterocycles. The van der Waals surface area contributed by atoms with Crippen molar-refractivity contribution in [1.82, 2.24) is 14.9 Å². The number of fused-ring (bicyclic) bond motifs is 1. The highest BCUT2D eigenvalue weighted by molar-refractivity contribution is 6.42. The number of rotatable bonds is 5. The first-order valence-corrected chi connectivity index (χ1v) is 10.1. The van der Waals surface area contributed by atoms with Gasteiger partial charge in [-0.15, -0.1) is 0 Å². The molecule has 160 valence electrons. The number of halogens is 2. The molecule has 1 fully saturated rings. The van der Waals surface area contributed by atoms with E-state index in [0.29, 0.717) is 53.1 Å². The Hall–Kier alpha value is -2.65. The number of esters is 2. The molecule has 1 aromatic heterocycles. The predicted molar refractivity (Wildman–Crippen MR) is 111 cm³/mol. The summed E-state index contributed by atoms with van der Waals surface area (Å²) in [6.45, 7) is 4.44. The van der Waals surface area contributed by atoms with Crippen LogP contribution in [0.15, 0.2) is 12.1 Å². The number of carbonyl (C=O) groups is 3. The summed E-state index contributed by atoms with van der Waals surface area (Å²) in [4.78, 5) is 48.0. The summed E-state index contributed by atoms with van der Waals surface area (Å²) in [5.41, 5.74) is 0.981. The number of hydrogen-bond donors (Lipinski definition) is 0. The van der Waals surface area contributed by atoms with Gasteiger partial charge in [0.2, 0.25) is 0 Å². The Kier molecular flexibility index (Phi) is 6.94. The van der Waals surface area contributed by atoms with E-state index in [0.717, 1.165) is 0 Å². The van der Waals surface area contributed by atoms with Crippen molar-refractivity contribution in [2.24, 2.45) is 0 Å². The lowest BCUT2D eigenvalue weighted by atomic mass is 10.2. The van der Waals surface area contributed by atoms with Crippen LogP contribution in [-0.2, 0) is 19.1 Å². The van der Waals surface area contributed by atoms with Gasteiger partial charge in [-0.3, -0.25) is 9.59 Å². The molecular weight excluding hydrogens is 435 g/mol. The van der Waals surface area contributed by atoms with Crippen molar-refractivity contribution in [3.8, 4) is 0 Å². The fraction of sp³-hybridized carbons (Fsp3) is 0.421. The second-order valence-corrected chi connectivity index (χ2v) is 7.33. The Morgan fingerprint density at radius 1 is 1.00 bits per heavy atom. The van der Waals surface area contributed by atoms with Gasteiger partial charge in [0, 0.05) is 33.1 Å². The Balaban J connectivity index is 1.86. The number of benzene rings is 1. The van der Waals surface area contributed by atoms with Crippen LogP contribution in [-0.4, -0.2) is 72.1 Å². The molecule has 0 spiro atoms. The third-order valence-corrected chi connectivity index (χ3v) is 5.21. The maximum absolute atomic E-state index is 12.5. The SMILES string of the molecule is CCOC(=O)c1nc2cc(Cl)c(Cl)cc2nc1N1CCN(C(=O)COC(C)=O)CC1. The zero-order valence-electron chi connectivity index (χ0n) is 16.5. The molecule has 1 aliphatic rings. The summed E-state index contributed by atoms with van der Waals surface area (Å²) >= 11 is 12.2. The molecule has 9 nitrogen and oxygen atoms in total. The van der Waals surface area contributed by atoms with Crippen LogP contribution in [0.3, 0.4) is 0 Å². The minimum Gasteiger partial charge on any atom is -0.461 e. The molecule has 0 radical (unpaired) electrons. The summed E-state index contributed by atoms with van der Waals surface area (Å²) < 4.78 is 9.90. The standard InChI is InChI=1S/C19H20Cl2N4O5/c1-3-29-19(28)17-18(23-15-9-13(21)12(20)8-14(15)22-17)25-6-4-24(5-7-25)16(27)10-30-11(2)26/h8-9H,3-7,10H2,1-2H3. The molecular formula is C19H20Cl2N4O5. The van der Waals surface area contributed by atoms with Crippen LogP contribution in [0.2, 0.25) is 10.0 Å². The molecule has 0 saturated carbocycles. The van der Waals surface area contributed by atoms with E-state index in [4.69, 9.17) is 32.7 Å². The number of carbonyl (C=O) groups excluding carboxylic acids is 3. The molecule has 0 aliphatic carbocycles. The van der Waals surface area contributed by atoms with Crippen LogP contribution in [0, 0.1) is 0 Å². The topological polar surface area (TPSA) is 102 Å². The molecule has 11 heteroatoms. The fourth-order valence-corrected chi connectivity index (χ4v) is 3.34. The first-order valence-electron chi connectivity index (χ1n) is 9.30. The zero-order valence-corrected chi connectivity index (χ0v) is 18.0. The highest BCUT2D eigenvalue weighted by Gasteiger charge is 2.27. The van der Waals surface area contributed by atoms with Gasteiger partial charge in [-0.05, 0) is 19.1 Å². The lowest BCUT2D eigenvalue weighted by Crippen LogP contribution is -2.50. The van der Waals surface area contributed by atoms with E-state index < -0.39 is 11.9 Å². The van der Waals surface area contributed by atoms with Gasteiger partial charge in [0.15, 0.2) is 18.1 Å². The predicted octanol–water partition coefficient (Wildman–Crippen LogP) is 2.33. The van der Waals surface area contributed by atoms with E-state index in [1.165, 1.54) is 6.92 Å². The van der Waals surface area contributed by atoms with Gasteiger partial charge in [-0.25, -0.2) is 14.8 Å². The largest absolute Gasteiger partial charge is 0.461 e. The van der Waals surface area contributed by atoms with Crippen molar-refractivity contribution < 1.29 is 23.9 Å². The highest BCUT2D eigenvalue weighted by atomic mass is 35.5. The summed E-state index contributed by atoms with van der Waals surface area (Å²) in [5.74, 6) is -1.03. The molecule has 1 aliphatic heterocycles. The molecule has 0 unspecified atom stereocenters. The second kappa shape index (κ2) is 9.44. The quantitative estimate of drug-likeness (QED) is 0.634. The first kappa shape index (κ1) is 22.0. The number of ether oxygens (including phenoxy) is 2. The molecule has 0 atom stereocenters. The lowest BCUT2D eigenvalue weighted by Gasteiger charge is -2.35. The molecule has 0 bridgehead atoms. The van der Waals surface area contributed by atoms with Gasteiger partial charge in [-0.2, -0.15) is 0 Å². The average molecular weight is 455 g/mol. The van der Waals surface area contributed by atoms with E-state index in [2.05, 4.69) is 9.97 Å². The highest BCUT2D eigenvalue weighted by Crippen LogP contribution is 2.29. The minimum absolute atomic E-state index is 0.0717. The Morgan fingerprint density at radius 2 is 1.60 bits per heavy atom. The van der Waals surface area contributed by atoms with Crippen LogP contribution in [0.4, 0.5) is 5.82 Å². The van der Waals surface area contributed by atoms with Crippen LogP contribution in [0.25, 0.3) is 11.0 Å². The summed E-state index contributed by atoms with van der Waals surface area (Å²) in [6.07, 6.45) is 0. The van der Waals surface area contributed by atoms with E-state index in [-0.39, 0.29) is 24.8 Å². The number of anilines is 1. The number of amides is 1. The molecule has 1 amide bonds. The Bertz CT molecular complexity index is 993. The van der Waals surface area contributed by atoms with Gasteiger partial charge in [0.25, 0.3) is 5.91 Å². The molecule has 1 aromatic carbocycles. The maximum Gasteiger partial charge on any atom is 0.360 e. The molecule has 30 heavy (non-hydrogen) atoms. The monoisotopic (exact) mass is 454 g/mol. The average Bonchev–Trinajstić information content (AvgIpc) is 2.72.